The highest BCUT2D eigenvalue weighted by Crippen LogP contribution is 2.04. The lowest BCUT2D eigenvalue weighted by Gasteiger charge is -2.04. The van der Waals surface area contributed by atoms with E-state index in [0.717, 1.165) is 3.93 Å². The zero-order chi connectivity index (χ0) is 5.28. The van der Waals surface area contributed by atoms with Crippen LogP contribution in [0.15, 0.2) is 5.10 Å². The second-order valence-electron chi connectivity index (χ2n) is 1.05. The van der Waals surface area contributed by atoms with E-state index in [-0.39, 0.29) is 0 Å². The summed E-state index contributed by atoms with van der Waals surface area (Å²) in [6.45, 7) is 0. The average Bonchev–Trinajstić information content (AvgIpc) is 1.91. The summed E-state index contributed by atoms with van der Waals surface area (Å²) in [5.74, 6) is 0. The summed E-state index contributed by atoms with van der Waals surface area (Å²) in [6, 6.07) is 0. The van der Waals surface area contributed by atoms with Gasteiger partial charge in [-0.05, 0) is 0 Å². The summed E-state index contributed by atoms with van der Waals surface area (Å²) in [4.78, 5) is 0. The number of hydrogen-bond donors (Lipinski definition) is 1. The van der Waals surface area contributed by atoms with Crippen LogP contribution in [-0.2, 0) is 0 Å². The van der Waals surface area contributed by atoms with Crippen LogP contribution in [0.3, 0.4) is 0 Å². The lowest BCUT2D eigenvalue weighted by molar-refractivity contribution is 0.221. The highest BCUT2D eigenvalue weighted by atomic mass is 79.9. The van der Waals surface area contributed by atoms with Crippen LogP contribution in [0.2, 0.25) is 0 Å². The highest BCUT2D eigenvalue weighted by molar-refractivity contribution is 9.07. The van der Waals surface area contributed by atoms with Crippen LogP contribution in [0.4, 0.5) is 4.39 Å². The van der Waals surface area contributed by atoms with Crippen molar-refractivity contribution in [1.29, 1.82) is 0 Å². The first kappa shape index (κ1) is 4.83. The summed E-state index contributed by atoms with van der Waals surface area (Å²) >= 11 is 2.85. The molecule has 1 heterocycles. The van der Waals surface area contributed by atoms with Gasteiger partial charge >= 0.3 is 0 Å². The Labute approximate surface area is 48.5 Å². The van der Waals surface area contributed by atoms with E-state index >= 15 is 0 Å². The van der Waals surface area contributed by atoms with Crippen molar-refractivity contribution in [2.45, 2.75) is 6.42 Å². The first-order valence-electron chi connectivity index (χ1n) is 1.67. The van der Waals surface area contributed by atoms with Crippen LogP contribution in [0, 0.1) is 0 Å². The summed E-state index contributed by atoms with van der Waals surface area (Å²) < 4.78 is 13.1. The molecule has 0 bridgehead atoms. The first-order valence-corrected chi connectivity index (χ1v) is 2.38. The van der Waals surface area contributed by atoms with E-state index in [1.165, 1.54) is 6.34 Å². The van der Waals surface area contributed by atoms with Gasteiger partial charge in [0.15, 0.2) is 0 Å². The molecule has 1 aliphatic heterocycles. The molecule has 1 atom stereocenters. The molecule has 1 aliphatic rings. The van der Waals surface area contributed by atoms with Crippen LogP contribution in [-0.4, -0.2) is 16.7 Å². The van der Waals surface area contributed by atoms with Crippen molar-refractivity contribution in [2.75, 3.05) is 0 Å². The average molecular weight is 168 g/mol. The molecule has 0 spiro atoms. The summed E-state index contributed by atoms with van der Waals surface area (Å²) in [6.07, 6.45) is 0.102. The Morgan fingerprint density at radius 2 is 2.71 bits per heavy atom. The molecule has 0 amide bonds. The van der Waals surface area contributed by atoms with Gasteiger partial charge in [0, 0.05) is 0 Å². The minimum atomic E-state index is -1.21. The smallest absolute Gasteiger partial charge is 0.258 e. The Hall–Kier alpha value is -0.320. The molecular weight excluding hydrogens is 165 g/mol. The largest absolute Gasteiger partial charge is 0.272 e. The standard InChI is InChI=1S/C2H3BrFN3/c3-7-1-5-6-2(7)4/h1-2,6H. The third-order valence-corrected chi connectivity index (χ3v) is 1.11. The Morgan fingerprint density at radius 1 is 2.00 bits per heavy atom. The van der Waals surface area contributed by atoms with Gasteiger partial charge in [0.25, 0.3) is 6.42 Å². The quantitative estimate of drug-likeness (QED) is 0.418. The van der Waals surface area contributed by atoms with E-state index < -0.39 is 6.42 Å². The lowest BCUT2D eigenvalue weighted by Crippen LogP contribution is -2.23. The Balaban J connectivity index is 2.45. The number of nitrogens with zero attached hydrogens (tertiary/aromatic N) is 2. The van der Waals surface area contributed by atoms with E-state index in [9.17, 15) is 4.39 Å². The molecule has 0 aromatic heterocycles. The molecule has 40 valence electrons. The van der Waals surface area contributed by atoms with Gasteiger partial charge in [-0.15, -0.1) is 0 Å². The van der Waals surface area contributed by atoms with Gasteiger partial charge in [-0.3, -0.25) is 5.43 Å². The van der Waals surface area contributed by atoms with Gasteiger partial charge in [0.1, 0.15) is 6.34 Å². The fraction of sp³-hybridized carbons (Fsp3) is 0.500. The molecule has 1 unspecified atom stereocenters. The second kappa shape index (κ2) is 1.65. The molecule has 0 saturated carbocycles. The molecule has 0 aromatic rings. The Morgan fingerprint density at radius 3 is 2.86 bits per heavy atom. The van der Waals surface area contributed by atoms with Crippen molar-refractivity contribution >= 4 is 22.5 Å². The molecule has 7 heavy (non-hydrogen) atoms. The van der Waals surface area contributed by atoms with Crippen molar-refractivity contribution in [3.05, 3.63) is 0 Å². The van der Waals surface area contributed by atoms with E-state index in [1.807, 2.05) is 0 Å². The molecule has 5 heteroatoms. The molecule has 1 N–H and O–H groups in total. The van der Waals surface area contributed by atoms with E-state index in [2.05, 4.69) is 26.7 Å². The SMILES string of the molecule is FC1NN=CN1Br. The van der Waals surface area contributed by atoms with E-state index in [4.69, 9.17) is 0 Å². The number of alkyl halides is 1. The van der Waals surface area contributed by atoms with Crippen LogP contribution >= 0.6 is 16.1 Å². The second-order valence-corrected chi connectivity index (χ2v) is 1.87. The molecule has 0 aliphatic carbocycles. The van der Waals surface area contributed by atoms with Crippen molar-refractivity contribution in [3.8, 4) is 0 Å². The number of hydrogen-bond acceptors (Lipinski definition) is 3. The molecule has 0 fully saturated rings. The zero-order valence-corrected chi connectivity index (χ0v) is 4.89. The van der Waals surface area contributed by atoms with E-state index in [0.29, 0.717) is 0 Å². The molecule has 0 saturated heterocycles. The van der Waals surface area contributed by atoms with Gasteiger partial charge < -0.3 is 0 Å². The number of nitrogens with one attached hydrogen (secondary N) is 1. The third kappa shape index (κ3) is 0.821. The Kier molecular flexibility index (Phi) is 1.14. The predicted octanol–water partition coefficient (Wildman–Crippen LogP) is 0.398. The molecule has 1 rings (SSSR count). The maximum Gasteiger partial charge on any atom is 0.272 e. The fourth-order valence-corrected chi connectivity index (χ4v) is 0.447. The predicted molar refractivity (Wildman–Crippen MR) is 27.3 cm³/mol. The number of halogens is 2. The van der Waals surface area contributed by atoms with Crippen molar-refractivity contribution in [2.24, 2.45) is 5.10 Å². The summed E-state index contributed by atoms with van der Waals surface area (Å²) in [5.41, 5.74) is 2.15. The van der Waals surface area contributed by atoms with Gasteiger partial charge in [0.2, 0.25) is 0 Å². The minimum Gasteiger partial charge on any atom is -0.258 e. The van der Waals surface area contributed by atoms with Crippen molar-refractivity contribution in [3.63, 3.8) is 0 Å². The van der Waals surface area contributed by atoms with Crippen LogP contribution in [0.25, 0.3) is 0 Å². The number of rotatable bonds is 0. The highest BCUT2D eigenvalue weighted by Gasteiger charge is 2.13. The lowest BCUT2D eigenvalue weighted by atomic mass is 11.0. The zero-order valence-electron chi connectivity index (χ0n) is 3.31. The van der Waals surface area contributed by atoms with Crippen molar-refractivity contribution in [1.82, 2.24) is 9.35 Å². The van der Waals surface area contributed by atoms with Crippen LogP contribution in [0.1, 0.15) is 0 Å². The molecular formula is C2H3BrFN3. The van der Waals surface area contributed by atoms with E-state index in [1.54, 1.807) is 0 Å². The van der Waals surface area contributed by atoms with Crippen LogP contribution in [0.5, 0.6) is 0 Å². The number of hydrazone groups is 1. The maximum atomic E-state index is 12.0. The summed E-state index contributed by atoms with van der Waals surface area (Å²) in [5, 5.41) is 3.37. The monoisotopic (exact) mass is 167 g/mol. The Bertz CT molecular complexity index is 94.9. The topological polar surface area (TPSA) is 27.6 Å². The molecule has 0 radical (unpaired) electrons. The normalized spacial score (nSPS) is 28.3. The first-order chi connectivity index (χ1) is 3.30. The fourth-order valence-electron chi connectivity index (χ4n) is 0.264. The minimum absolute atomic E-state index is 1.15. The molecule has 3 nitrogen and oxygen atoms in total. The van der Waals surface area contributed by atoms with Gasteiger partial charge in [0.05, 0.1) is 16.1 Å². The summed E-state index contributed by atoms with van der Waals surface area (Å²) in [7, 11) is 0. The third-order valence-electron chi connectivity index (χ3n) is 0.566. The molecule has 0 aromatic carbocycles. The van der Waals surface area contributed by atoms with Crippen molar-refractivity contribution < 1.29 is 4.39 Å². The maximum absolute atomic E-state index is 12.0. The van der Waals surface area contributed by atoms with Gasteiger partial charge in [-0.25, -0.2) is 3.93 Å². The van der Waals surface area contributed by atoms with Gasteiger partial charge in [-0.1, -0.05) is 0 Å². The van der Waals surface area contributed by atoms with Crippen LogP contribution < -0.4 is 5.43 Å². The van der Waals surface area contributed by atoms with Gasteiger partial charge in [-0.2, -0.15) is 9.49 Å².